The summed E-state index contributed by atoms with van der Waals surface area (Å²) in [5.74, 6) is 2.41. The number of aryl methyl sites for hydroxylation is 1. The van der Waals surface area contributed by atoms with Crippen molar-refractivity contribution >= 4 is 17.7 Å². The molecule has 0 aromatic heterocycles. The number of nitrogens with zero attached hydrogens (tertiary/aromatic N) is 1. The standard InChI is InChI=1S/C17H25NOS/c1-13(2)10-18(16-8-9-16)17(19)12-20-11-15-6-4-14(3)5-7-15/h4-7,13,16H,8-12H2,1-3H3. The summed E-state index contributed by atoms with van der Waals surface area (Å²) in [6, 6.07) is 9.10. The van der Waals surface area contributed by atoms with E-state index < -0.39 is 0 Å². The van der Waals surface area contributed by atoms with Gasteiger partial charge in [-0.3, -0.25) is 4.79 Å². The second-order valence-corrected chi connectivity index (χ2v) is 7.14. The van der Waals surface area contributed by atoms with Crippen LogP contribution in [0.4, 0.5) is 0 Å². The van der Waals surface area contributed by atoms with Gasteiger partial charge in [0, 0.05) is 18.3 Å². The van der Waals surface area contributed by atoms with Crippen molar-refractivity contribution < 1.29 is 4.79 Å². The number of hydrogen-bond donors (Lipinski definition) is 0. The minimum Gasteiger partial charge on any atom is -0.339 e. The summed E-state index contributed by atoms with van der Waals surface area (Å²) < 4.78 is 0. The Bertz CT molecular complexity index is 437. The van der Waals surface area contributed by atoms with E-state index in [2.05, 4.69) is 49.9 Å². The molecule has 0 saturated heterocycles. The maximum absolute atomic E-state index is 12.3. The summed E-state index contributed by atoms with van der Waals surface area (Å²) in [6.07, 6.45) is 2.39. The second-order valence-electron chi connectivity index (χ2n) is 6.15. The Balaban J connectivity index is 1.77. The molecule has 0 radical (unpaired) electrons. The Morgan fingerprint density at radius 3 is 2.50 bits per heavy atom. The molecule has 2 nitrogen and oxygen atoms in total. The predicted octanol–water partition coefficient (Wildman–Crippen LogP) is 3.88. The van der Waals surface area contributed by atoms with Crippen molar-refractivity contribution in [2.24, 2.45) is 5.92 Å². The van der Waals surface area contributed by atoms with Crippen molar-refractivity contribution in [2.75, 3.05) is 12.3 Å². The maximum atomic E-state index is 12.3. The van der Waals surface area contributed by atoms with Crippen LogP contribution in [0.3, 0.4) is 0 Å². The van der Waals surface area contributed by atoms with Gasteiger partial charge in [-0.05, 0) is 31.2 Å². The lowest BCUT2D eigenvalue weighted by Gasteiger charge is -2.24. The van der Waals surface area contributed by atoms with Crippen LogP contribution in [-0.2, 0) is 10.5 Å². The molecule has 0 atom stereocenters. The molecule has 0 N–H and O–H groups in total. The van der Waals surface area contributed by atoms with Gasteiger partial charge in [-0.1, -0.05) is 43.7 Å². The summed E-state index contributed by atoms with van der Waals surface area (Å²) in [7, 11) is 0. The van der Waals surface area contributed by atoms with Gasteiger partial charge in [0.1, 0.15) is 0 Å². The van der Waals surface area contributed by atoms with Crippen LogP contribution >= 0.6 is 11.8 Å². The van der Waals surface area contributed by atoms with E-state index in [0.29, 0.717) is 23.6 Å². The summed E-state index contributed by atoms with van der Waals surface area (Å²) >= 11 is 1.73. The van der Waals surface area contributed by atoms with Crippen molar-refractivity contribution in [3.63, 3.8) is 0 Å². The SMILES string of the molecule is Cc1ccc(CSCC(=O)N(CC(C)C)C2CC2)cc1. The van der Waals surface area contributed by atoms with Gasteiger partial charge in [-0.2, -0.15) is 0 Å². The van der Waals surface area contributed by atoms with E-state index in [-0.39, 0.29) is 0 Å². The zero-order valence-corrected chi connectivity index (χ0v) is 13.6. The zero-order chi connectivity index (χ0) is 14.5. The second kappa shape index (κ2) is 7.16. The van der Waals surface area contributed by atoms with Crippen molar-refractivity contribution in [3.05, 3.63) is 35.4 Å². The van der Waals surface area contributed by atoms with Crippen LogP contribution in [0.1, 0.15) is 37.8 Å². The summed E-state index contributed by atoms with van der Waals surface area (Å²) in [5, 5.41) is 0. The molecule has 0 heterocycles. The van der Waals surface area contributed by atoms with Crippen LogP contribution in [0.25, 0.3) is 0 Å². The highest BCUT2D eigenvalue weighted by Crippen LogP contribution is 2.28. The molecule has 1 amide bonds. The molecule has 1 aliphatic rings. The van der Waals surface area contributed by atoms with Crippen LogP contribution in [-0.4, -0.2) is 29.1 Å². The fraction of sp³-hybridized carbons (Fsp3) is 0.588. The fourth-order valence-electron chi connectivity index (χ4n) is 2.26. The third-order valence-corrected chi connectivity index (χ3v) is 4.47. The molecule has 3 heteroatoms. The number of rotatable bonds is 7. The Morgan fingerprint density at radius 1 is 1.30 bits per heavy atom. The van der Waals surface area contributed by atoms with Gasteiger partial charge in [0.2, 0.25) is 5.91 Å². The van der Waals surface area contributed by atoms with Crippen LogP contribution in [0, 0.1) is 12.8 Å². The van der Waals surface area contributed by atoms with E-state index in [1.54, 1.807) is 11.8 Å². The lowest BCUT2D eigenvalue weighted by molar-refractivity contribution is -0.129. The summed E-state index contributed by atoms with van der Waals surface area (Å²) in [4.78, 5) is 14.4. The third kappa shape index (κ3) is 4.86. The molecule has 2 rings (SSSR count). The summed E-state index contributed by atoms with van der Waals surface area (Å²) in [5.41, 5.74) is 2.59. The highest BCUT2D eigenvalue weighted by molar-refractivity contribution is 7.99. The third-order valence-electron chi connectivity index (χ3n) is 3.48. The molecule has 0 bridgehead atoms. The fourth-order valence-corrected chi connectivity index (χ4v) is 3.13. The highest BCUT2D eigenvalue weighted by Gasteiger charge is 2.32. The molecule has 20 heavy (non-hydrogen) atoms. The Morgan fingerprint density at radius 2 is 1.95 bits per heavy atom. The first-order valence-electron chi connectivity index (χ1n) is 7.49. The summed E-state index contributed by atoms with van der Waals surface area (Å²) in [6.45, 7) is 7.37. The number of benzene rings is 1. The molecule has 1 fully saturated rings. The van der Waals surface area contributed by atoms with Crippen LogP contribution in [0.2, 0.25) is 0 Å². The van der Waals surface area contributed by atoms with Crippen LogP contribution < -0.4 is 0 Å². The van der Waals surface area contributed by atoms with Crippen molar-refractivity contribution in [1.82, 2.24) is 4.90 Å². The maximum Gasteiger partial charge on any atom is 0.232 e. The molecule has 1 aromatic carbocycles. The number of hydrogen-bond acceptors (Lipinski definition) is 2. The molecule has 1 aliphatic carbocycles. The Kier molecular flexibility index (Phi) is 5.53. The van der Waals surface area contributed by atoms with Gasteiger partial charge >= 0.3 is 0 Å². The van der Waals surface area contributed by atoms with Gasteiger partial charge in [0.25, 0.3) is 0 Å². The van der Waals surface area contributed by atoms with Gasteiger partial charge < -0.3 is 4.90 Å². The minimum atomic E-state index is 0.318. The Hall–Kier alpha value is -0.960. The average molecular weight is 291 g/mol. The normalized spacial score (nSPS) is 14.6. The number of amides is 1. The molecule has 0 unspecified atom stereocenters. The van der Waals surface area contributed by atoms with Crippen LogP contribution in [0.5, 0.6) is 0 Å². The van der Waals surface area contributed by atoms with E-state index in [4.69, 9.17) is 0 Å². The highest BCUT2D eigenvalue weighted by atomic mass is 32.2. The molecule has 1 aromatic rings. The van der Waals surface area contributed by atoms with E-state index in [9.17, 15) is 4.79 Å². The van der Waals surface area contributed by atoms with Gasteiger partial charge in [-0.25, -0.2) is 0 Å². The van der Waals surface area contributed by atoms with Gasteiger partial charge in [0.05, 0.1) is 5.75 Å². The molecule has 110 valence electrons. The monoisotopic (exact) mass is 291 g/mol. The Labute approximate surface area is 126 Å². The van der Waals surface area contributed by atoms with Crippen molar-refractivity contribution in [1.29, 1.82) is 0 Å². The van der Waals surface area contributed by atoms with E-state index in [1.807, 2.05) is 0 Å². The zero-order valence-electron chi connectivity index (χ0n) is 12.8. The average Bonchev–Trinajstić information content (AvgIpc) is 3.22. The van der Waals surface area contributed by atoms with Crippen molar-refractivity contribution in [3.8, 4) is 0 Å². The molecule has 0 spiro atoms. The number of carbonyl (C=O) groups is 1. The van der Waals surface area contributed by atoms with E-state index in [1.165, 1.54) is 24.0 Å². The lowest BCUT2D eigenvalue weighted by atomic mass is 10.2. The first-order valence-corrected chi connectivity index (χ1v) is 8.64. The minimum absolute atomic E-state index is 0.318. The van der Waals surface area contributed by atoms with E-state index in [0.717, 1.165) is 12.3 Å². The van der Waals surface area contributed by atoms with Crippen molar-refractivity contribution in [2.45, 2.75) is 45.4 Å². The molecule has 1 saturated carbocycles. The van der Waals surface area contributed by atoms with Gasteiger partial charge in [-0.15, -0.1) is 11.8 Å². The van der Waals surface area contributed by atoms with E-state index >= 15 is 0 Å². The largest absolute Gasteiger partial charge is 0.339 e. The molecular formula is C17H25NOS. The van der Waals surface area contributed by atoms with Crippen LogP contribution in [0.15, 0.2) is 24.3 Å². The quantitative estimate of drug-likeness (QED) is 0.760. The predicted molar refractivity (Wildman–Crippen MR) is 86.9 cm³/mol. The number of carbonyl (C=O) groups excluding carboxylic acids is 1. The topological polar surface area (TPSA) is 20.3 Å². The number of thioether (sulfide) groups is 1. The van der Waals surface area contributed by atoms with Gasteiger partial charge in [0.15, 0.2) is 0 Å². The smallest absolute Gasteiger partial charge is 0.232 e. The molecule has 0 aliphatic heterocycles. The first kappa shape index (κ1) is 15.4. The lowest BCUT2D eigenvalue weighted by Crippen LogP contribution is -2.37. The molecular weight excluding hydrogens is 266 g/mol. The first-order chi connectivity index (χ1) is 9.56.